The van der Waals surface area contributed by atoms with Crippen molar-refractivity contribution in [1.29, 1.82) is 0 Å². The number of amides is 2. The van der Waals surface area contributed by atoms with Crippen LogP contribution in [0.2, 0.25) is 0 Å². The molecule has 290 valence electrons. The van der Waals surface area contributed by atoms with Crippen LogP contribution in [0, 0.1) is 0 Å². The SMILES string of the molecule is CCOC(=O)Nc1ccc2c(c1)C(C)(C)C(/C=C/C=C1/N(CCCCS(=O)(=O)[O-])c3ccc(NC(=O)OCC)cc3C1(C)C)=[N+]2CCCCS(=O)(=O)O.[K+]. The van der Waals surface area contributed by atoms with Crippen LogP contribution in [0.25, 0.3) is 0 Å². The van der Waals surface area contributed by atoms with Crippen molar-refractivity contribution in [1.82, 2.24) is 0 Å². The molecule has 0 unspecified atom stereocenters. The molecule has 2 aromatic carbocycles. The Morgan fingerprint density at radius 3 is 2.00 bits per heavy atom. The first-order valence-corrected chi connectivity index (χ1v) is 20.8. The van der Waals surface area contributed by atoms with Gasteiger partial charge in [-0.15, -0.1) is 0 Å². The summed E-state index contributed by atoms with van der Waals surface area (Å²) in [4.78, 5) is 26.5. The van der Waals surface area contributed by atoms with Crippen LogP contribution in [0.1, 0.15) is 78.4 Å². The molecule has 54 heavy (non-hydrogen) atoms. The Bertz CT molecular complexity index is 2030. The molecule has 0 aromatic heterocycles. The van der Waals surface area contributed by atoms with Gasteiger partial charge in [-0.25, -0.2) is 18.0 Å². The number of benzene rings is 2. The minimum Gasteiger partial charge on any atom is -0.748 e. The van der Waals surface area contributed by atoms with Crippen LogP contribution < -0.4 is 66.9 Å². The fourth-order valence-corrected chi connectivity index (χ4v) is 8.02. The molecule has 0 bridgehead atoms. The fraction of sp³-hybridized carbons (Fsp3) is 0.486. The van der Waals surface area contributed by atoms with Crippen LogP contribution in [0.4, 0.5) is 32.3 Å². The molecule has 4 rings (SSSR count). The van der Waals surface area contributed by atoms with Crippen LogP contribution in [-0.2, 0) is 40.5 Å². The van der Waals surface area contributed by atoms with Crippen molar-refractivity contribution in [2.75, 3.05) is 53.3 Å². The summed E-state index contributed by atoms with van der Waals surface area (Å²) in [5, 5.41) is 5.52. The van der Waals surface area contributed by atoms with E-state index in [0.29, 0.717) is 37.3 Å². The third-order valence-electron chi connectivity index (χ3n) is 9.40. The molecule has 17 heteroatoms. The minimum absolute atomic E-state index is 0. The first-order valence-electron chi connectivity index (χ1n) is 17.6. The molecule has 0 radical (unpaired) electrons. The fourth-order valence-electron chi connectivity index (χ4n) is 6.89. The summed E-state index contributed by atoms with van der Waals surface area (Å²) >= 11 is 0. The van der Waals surface area contributed by atoms with Crippen LogP contribution in [0.5, 0.6) is 0 Å². The van der Waals surface area contributed by atoms with Crippen LogP contribution in [0.3, 0.4) is 0 Å². The number of rotatable bonds is 16. The number of fused-ring (bicyclic) bond motifs is 2. The standard InChI is InChI=1S/C37H50N4O10S2.K/c1-7-50-34(42)38-26-16-18-30-28(24-26)36(3,4)32(40(30)20-9-11-22-52(44,45)46)14-13-15-33-37(5,6)29-25-27(39-35(43)51-8-2)17-19-31(29)41(33)21-10-12-23-53(47,48)49;/h13-19,24-25H,7-12,20-23H2,1-6H3,(H3-,38,39,42,43,44,45,46,47,48,49);/q;+1. The molecule has 2 heterocycles. The van der Waals surface area contributed by atoms with Gasteiger partial charge in [-0.1, -0.05) is 19.9 Å². The predicted molar refractivity (Wildman–Crippen MR) is 204 cm³/mol. The Balaban J connectivity index is 0.00000784. The zero-order valence-electron chi connectivity index (χ0n) is 32.1. The van der Waals surface area contributed by atoms with Gasteiger partial charge in [0, 0.05) is 64.6 Å². The molecule has 0 atom stereocenters. The Kier molecular flexibility index (Phi) is 16.1. The molecular weight excluding hydrogens is 764 g/mol. The van der Waals surface area contributed by atoms with Gasteiger partial charge in [0.15, 0.2) is 5.71 Å². The second-order valence-corrected chi connectivity index (χ2v) is 17.1. The first-order chi connectivity index (χ1) is 24.8. The van der Waals surface area contributed by atoms with Gasteiger partial charge in [-0.2, -0.15) is 13.0 Å². The maximum Gasteiger partial charge on any atom is 1.00 e. The van der Waals surface area contributed by atoms with Gasteiger partial charge in [0.05, 0.1) is 34.5 Å². The summed E-state index contributed by atoms with van der Waals surface area (Å²) in [6.07, 6.45) is 6.20. The normalized spacial score (nSPS) is 16.6. The quantitative estimate of drug-likeness (QED) is 0.0973. The molecule has 2 amide bonds. The van der Waals surface area contributed by atoms with E-state index in [1.54, 1.807) is 26.0 Å². The van der Waals surface area contributed by atoms with Crippen molar-refractivity contribution < 1.29 is 101 Å². The number of nitrogens with one attached hydrogen (secondary N) is 2. The predicted octanol–water partition coefficient (Wildman–Crippen LogP) is 3.43. The van der Waals surface area contributed by atoms with Crippen molar-refractivity contribution in [3.05, 3.63) is 71.5 Å². The molecule has 2 aliphatic rings. The van der Waals surface area contributed by atoms with E-state index < -0.39 is 49.0 Å². The number of hydrogen-bond acceptors (Lipinski definition) is 10. The van der Waals surface area contributed by atoms with Gasteiger partial charge >= 0.3 is 63.6 Å². The number of unbranched alkanes of at least 4 members (excludes halogenated alkanes) is 2. The van der Waals surface area contributed by atoms with Crippen molar-refractivity contribution in [3.63, 3.8) is 0 Å². The average Bonchev–Trinajstić information content (AvgIpc) is 3.38. The summed E-state index contributed by atoms with van der Waals surface area (Å²) < 4.78 is 78.3. The maximum atomic E-state index is 12.2. The Hall–Kier alpha value is -2.61. The summed E-state index contributed by atoms with van der Waals surface area (Å²) in [7, 11) is -8.46. The van der Waals surface area contributed by atoms with Crippen LogP contribution in [-0.4, -0.2) is 86.2 Å². The molecule has 3 N–H and O–H groups in total. The Labute approximate surface area is 361 Å². The molecule has 0 fully saturated rings. The van der Waals surface area contributed by atoms with E-state index in [0.717, 1.165) is 33.9 Å². The summed E-state index contributed by atoms with van der Waals surface area (Å²) in [6.45, 7) is 13.1. The second-order valence-electron chi connectivity index (χ2n) is 14.0. The van der Waals surface area contributed by atoms with Gasteiger partial charge in [-0.3, -0.25) is 15.2 Å². The summed E-state index contributed by atoms with van der Waals surface area (Å²) in [5.41, 5.74) is 5.52. The second kappa shape index (κ2) is 19.0. The average molecular weight is 814 g/mol. The van der Waals surface area contributed by atoms with E-state index in [4.69, 9.17) is 9.47 Å². The topological polar surface area (TPSA) is 194 Å². The number of carbonyl (C=O) groups is 2. The van der Waals surface area contributed by atoms with Gasteiger partial charge in [0.2, 0.25) is 5.69 Å². The third-order valence-corrected chi connectivity index (χ3v) is 11.0. The van der Waals surface area contributed by atoms with E-state index in [9.17, 15) is 35.5 Å². The maximum absolute atomic E-state index is 12.2. The van der Waals surface area contributed by atoms with Crippen molar-refractivity contribution >= 4 is 60.9 Å². The van der Waals surface area contributed by atoms with Crippen LogP contribution >= 0.6 is 0 Å². The molecule has 0 spiro atoms. The molecular formula is C37H50KN4O10S2+. The van der Waals surface area contributed by atoms with E-state index in [2.05, 4.69) is 47.8 Å². The molecule has 0 saturated heterocycles. The van der Waals surface area contributed by atoms with Crippen LogP contribution in [0.15, 0.2) is 60.3 Å². The van der Waals surface area contributed by atoms with E-state index in [1.165, 1.54) is 0 Å². The molecule has 0 saturated carbocycles. The number of nitrogens with zero attached hydrogens (tertiary/aromatic N) is 2. The molecule has 2 aliphatic heterocycles. The van der Waals surface area contributed by atoms with Crippen molar-refractivity contribution in [2.24, 2.45) is 0 Å². The number of allylic oxidation sites excluding steroid dienone is 4. The zero-order chi connectivity index (χ0) is 39.2. The largest absolute Gasteiger partial charge is 1.00 e. The zero-order valence-corrected chi connectivity index (χ0v) is 36.9. The smallest absolute Gasteiger partial charge is 0.748 e. The molecule has 0 aliphatic carbocycles. The number of carbonyl (C=O) groups excluding carboxylic acids is 2. The van der Waals surface area contributed by atoms with Crippen molar-refractivity contribution in [3.8, 4) is 0 Å². The summed E-state index contributed by atoms with van der Waals surface area (Å²) in [5.74, 6) is -0.802. The third kappa shape index (κ3) is 11.7. The van der Waals surface area contributed by atoms with Gasteiger partial charge < -0.3 is 18.9 Å². The Morgan fingerprint density at radius 1 is 0.852 bits per heavy atom. The van der Waals surface area contributed by atoms with E-state index >= 15 is 0 Å². The number of hydrogen-bond donors (Lipinski definition) is 3. The van der Waals surface area contributed by atoms with Crippen molar-refractivity contribution in [2.45, 2.75) is 78.1 Å². The monoisotopic (exact) mass is 813 g/mol. The molecule has 14 nitrogen and oxygen atoms in total. The van der Waals surface area contributed by atoms with E-state index in [-0.39, 0.29) is 83.2 Å². The Morgan fingerprint density at radius 2 is 1.43 bits per heavy atom. The van der Waals surface area contributed by atoms with Gasteiger partial charge in [0.25, 0.3) is 10.1 Å². The summed E-state index contributed by atoms with van der Waals surface area (Å²) in [6, 6.07) is 11.2. The molecule has 2 aromatic rings. The van der Waals surface area contributed by atoms with E-state index in [1.807, 2.05) is 42.5 Å². The van der Waals surface area contributed by atoms with Gasteiger partial charge in [0.1, 0.15) is 6.54 Å². The number of anilines is 3. The van der Waals surface area contributed by atoms with Gasteiger partial charge in [-0.05, 0) is 88.9 Å². The number of ether oxygens (including phenoxy) is 2. The minimum atomic E-state index is -4.35. The first kappa shape index (κ1) is 45.8.